The second-order valence-corrected chi connectivity index (χ2v) is 7.25. The van der Waals surface area contributed by atoms with Gasteiger partial charge >= 0.3 is 0 Å². The molecular formula is C15H25ClN2OS. The lowest BCUT2D eigenvalue weighted by Gasteiger charge is -2.29. The van der Waals surface area contributed by atoms with E-state index in [2.05, 4.69) is 13.8 Å². The van der Waals surface area contributed by atoms with Gasteiger partial charge in [0.25, 0.3) is 5.91 Å². The predicted molar refractivity (Wildman–Crippen MR) is 88.0 cm³/mol. The highest BCUT2D eigenvalue weighted by Gasteiger charge is 2.25. The highest BCUT2D eigenvalue weighted by Crippen LogP contribution is 2.31. The van der Waals surface area contributed by atoms with Crippen LogP contribution in [0.4, 0.5) is 0 Å². The standard InChI is InChI=1S/C15H24N2OS.ClH/c1-15(2,9-16)10-17(3)14(18)12-8-19-13-7-5-4-6-11(12)13;/h8H,4-7,9-10,16H2,1-3H3;1H. The first-order valence-corrected chi connectivity index (χ1v) is 7.87. The molecule has 1 aromatic heterocycles. The Balaban J connectivity index is 0.00000200. The fourth-order valence-electron chi connectivity index (χ4n) is 2.66. The molecule has 2 rings (SSSR count). The van der Waals surface area contributed by atoms with Crippen LogP contribution in [-0.2, 0) is 12.8 Å². The zero-order chi connectivity index (χ0) is 14.0. The second kappa shape index (κ2) is 6.92. The minimum absolute atomic E-state index is 0. The molecule has 1 amide bonds. The van der Waals surface area contributed by atoms with Gasteiger partial charge < -0.3 is 10.6 Å². The summed E-state index contributed by atoms with van der Waals surface area (Å²) in [7, 11) is 1.88. The summed E-state index contributed by atoms with van der Waals surface area (Å²) in [6, 6.07) is 0. The van der Waals surface area contributed by atoms with Crippen molar-refractivity contribution in [3.8, 4) is 0 Å². The van der Waals surface area contributed by atoms with Gasteiger partial charge in [0.05, 0.1) is 5.56 Å². The van der Waals surface area contributed by atoms with Gasteiger partial charge in [0.1, 0.15) is 0 Å². The van der Waals surface area contributed by atoms with Gasteiger partial charge in [-0.05, 0) is 43.2 Å². The van der Waals surface area contributed by atoms with Crippen molar-refractivity contribution in [1.29, 1.82) is 0 Å². The van der Waals surface area contributed by atoms with Crippen molar-refractivity contribution in [2.45, 2.75) is 39.5 Å². The molecule has 0 unspecified atom stereocenters. The van der Waals surface area contributed by atoms with Crippen molar-refractivity contribution < 1.29 is 4.79 Å². The summed E-state index contributed by atoms with van der Waals surface area (Å²) in [5, 5.41) is 2.05. The number of rotatable bonds is 4. The van der Waals surface area contributed by atoms with Crippen molar-refractivity contribution in [2.75, 3.05) is 20.1 Å². The van der Waals surface area contributed by atoms with E-state index in [-0.39, 0.29) is 23.7 Å². The number of hydrogen-bond acceptors (Lipinski definition) is 3. The first-order chi connectivity index (χ1) is 8.94. The van der Waals surface area contributed by atoms with E-state index >= 15 is 0 Å². The van der Waals surface area contributed by atoms with E-state index in [1.54, 1.807) is 11.3 Å². The van der Waals surface area contributed by atoms with Crippen LogP contribution in [-0.4, -0.2) is 30.9 Å². The number of carbonyl (C=O) groups is 1. The maximum absolute atomic E-state index is 12.6. The average Bonchev–Trinajstić information content (AvgIpc) is 2.81. The van der Waals surface area contributed by atoms with Crippen LogP contribution in [0.25, 0.3) is 0 Å². The third kappa shape index (κ3) is 3.74. The fourth-order valence-corrected chi connectivity index (χ4v) is 3.78. The molecule has 2 N–H and O–H groups in total. The van der Waals surface area contributed by atoms with Crippen molar-refractivity contribution in [1.82, 2.24) is 4.90 Å². The van der Waals surface area contributed by atoms with Crippen molar-refractivity contribution in [2.24, 2.45) is 11.1 Å². The van der Waals surface area contributed by atoms with Crippen molar-refractivity contribution in [3.05, 3.63) is 21.4 Å². The first-order valence-electron chi connectivity index (χ1n) is 6.99. The Morgan fingerprint density at radius 1 is 1.40 bits per heavy atom. The maximum Gasteiger partial charge on any atom is 0.254 e. The maximum atomic E-state index is 12.6. The van der Waals surface area contributed by atoms with E-state index in [4.69, 9.17) is 5.73 Å². The number of nitrogens with zero attached hydrogens (tertiary/aromatic N) is 1. The smallest absolute Gasteiger partial charge is 0.254 e. The lowest BCUT2D eigenvalue weighted by molar-refractivity contribution is 0.0740. The lowest BCUT2D eigenvalue weighted by Crippen LogP contribution is -2.40. The third-order valence-corrected chi connectivity index (χ3v) is 4.94. The van der Waals surface area contributed by atoms with Gasteiger partial charge in [-0.1, -0.05) is 13.8 Å². The number of carbonyl (C=O) groups excluding carboxylic acids is 1. The molecule has 114 valence electrons. The summed E-state index contributed by atoms with van der Waals surface area (Å²) in [5.74, 6) is 0.154. The summed E-state index contributed by atoms with van der Waals surface area (Å²) in [4.78, 5) is 15.8. The summed E-state index contributed by atoms with van der Waals surface area (Å²) in [5.41, 5.74) is 7.95. The summed E-state index contributed by atoms with van der Waals surface area (Å²) in [6.07, 6.45) is 4.68. The van der Waals surface area contributed by atoms with Gasteiger partial charge in [0.15, 0.2) is 0 Å². The van der Waals surface area contributed by atoms with Crippen LogP contribution in [0.1, 0.15) is 47.5 Å². The molecule has 0 radical (unpaired) electrons. The van der Waals surface area contributed by atoms with Crippen LogP contribution in [0.2, 0.25) is 0 Å². The molecule has 0 aliphatic heterocycles. The van der Waals surface area contributed by atoms with E-state index in [0.717, 1.165) is 18.4 Å². The van der Waals surface area contributed by atoms with Crippen LogP contribution in [0.5, 0.6) is 0 Å². The quantitative estimate of drug-likeness (QED) is 0.927. The van der Waals surface area contributed by atoms with Gasteiger partial charge in [-0.15, -0.1) is 23.7 Å². The molecule has 20 heavy (non-hydrogen) atoms. The van der Waals surface area contributed by atoms with E-state index in [1.807, 2.05) is 17.3 Å². The molecule has 0 aromatic carbocycles. The molecule has 1 aliphatic rings. The lowest BCUT2D eigenvalue weighted by atomic mass is 9.92. The van der Waals surface area contributed by atoms with Gasteiger partial charge in [0.2, 0.25) is 0 Å². The molecule has 0 saturated carbocycles. The van der Waals surface area contributed by atoms with Crippen LogP contribution in [0.15, 0.2) is 5.38 Å². The first kappa shape index (κ1) is 17.5. The molecule has 0 fully saturated rings. The number of hydrogen-bond donors (Lipinski definition) is 1. The van der Waals surface area contributed by atoms with E-state index in [9.17, 15) is 4.79 Å². The molecule has 1 aromatic rings. The molecule has 1 aliphatic carbocycles. The molecule has 0 spiro atoms. The van der Waals surface area contributed by atoms with E-state index in [1.165, 1.54) is 23.3 Å². The minimum atomic E-state index is -0.0273. The second-order valence-electron chi connectivity index (χ2n) is 6.29. The van der Waals surface area contributed by atoms with Crippen LogP contribution < -0.4 is 5.73 Å². The fraction of sp³-hybridized carbons (Fsp3) is 0.667. The number of fused-ring (bicyclic) bond motifs is 1. The minimum Gasteiger partial charge on any atom is -0.341 e. The van der Waals surface area contributed by atoms with Gasteiger partial charge in [0, 0.05) is 23.8 Å². The van der Waals surface area contributed by atoms with Crippen LogP contribution >= 0.6 is 23.7 Å². The number of amides is 1. The third-order valence-electron chi connectivity index (χ3n) is 3.86. The number of thiophene rings is 1. The molecule has 1 heterocycles. The summed E-state index contributed by atoms with van der Waals surface area (Å²) < 4.78 is 0. The van der Waals surface area contributed by atoms with Crippen LogP contribution in [0, 0.1) is 5.41 Å². The van der Waals surface area contributed by atoms with Crippen LogP contribution in [0.3, 0.4) is 0 Å². The molecule has 5 heteroatoms. The molecule has 3 nitrogen and oxygen atoms in total. The normalized spacial score (nSPS) is 14.4. The van der Waals surface area contributed by atoms with Crippen molar-refractivity contribution >= 4 is 29.7 Å². The Morgan fingerprint density at radius 3 is 2.70 bits per heavy atom. The van der Waals surface area contributed by atoms with E-state index in [0.29, 0.717) is 13.1 Å². The predicted octanol–water partition coefficient (Wildman–Crippen LogP) is 3.11. The monoisotopic (exact) mass is 316 g/mol. The topological polar surface area (TPSA) is 46.3 Å². The Labute approximate surface area is 131 Å². The number of aryl methyl sites for hydroxylation is 1. The molecule has 0 saturated heterocycles. The Morgan fingerprint density at radius 2 is 2.05 bits per heavy atom. The van der Waals surface area contributed by atoms with Gasteiger partial charge in [-0.25, -0.2) is 0 Å². The number of halogens is 1. The zero-order valence-corrected chi connectivity index (χ0v) is 14.2. The Bertz CT molecular complexity index is 470. The Kier molecular flexibility index (Phi) is 6.05. The SMILES string of the molecule is CN(CC(C)(C)CN)C(=O)c1csc2c1CCCC2.Cl. The molecule has 0 bridgehead atoms. The highest BCUT2D eigenvalue weighted by atomic mass is 35.5. The average molecular weight is 317 g/mol. The number of nitrogens with two attached hydrogens (primary N) is 1. The molecular weight excluding hydrogens is 292 g/mol. The van der Waals surface area contributed by atoms with Crippen molar-refractivity contribution in [3.63, 3.8) is 0 Å². The molecule has 0 atom stereocenters. The van der Waals surface area contributed by atoms with Gasteiger partial charge in [-0.2, -0.15) is 0 Å². The Hall–Kier alpha value is -0.580. The van der Waals surface area contributed by atoms with E-state index < -0.39 is 0 Å². The largest absolute Gasteiger partial charge is 0.341 e. The summed E-state index contributed by atoms with van der Waals surface area (Å²) in [6.45, 7) is 5.49. The van der Waals surface area contributed by atoms with Gasteiger partial charge in [-0.3, -0.25) is 4.79 Å². The highest BCUT2D eigenvalue weighted by molar-refractivity contribution is 7.10. The summed E-state index contributed by atoms with van der Waals surface area (Å²) >= 11 is 1.75. The zero-order valence-electron chi connectivity index (χ0n) is 12.6.